The molecule has 0 aliphatic carbocycles. The van der Waals surface area contributed by atoms with Gasteiger partial charge in [-0.2, -0.15) is 5.10 Å². The van der Waals surface area contributed by atoms with Gasteiger partial charge in [-0.05, 0) is 24.6 Å². The Morgan fingerprint density at radius 2 is 2.21 bits per heavy atom. The van der Waals surface area contributed by atoms with Crippen LogP contribution in [0.5, 0.6) is 0 Å². The maximum atomic E-state index is 4.31. The molecule has 102 valence electrons. The molecule has 0 bridgehead atoms. The van der Waals surface area contributed by atoms with Crippen LogP contribution in [0.3, 0.4) is 0 Å². The summed E-state index contributed by atoms with van der Waals surface area (Å²) in [6, 6.07) is 6.60. The third-order valence-electron chi connectivity index (χ3n) is 3.24. The number of aromatic nitrogens is 3. The summed E-state index contributed by atoms with van der Waals surface area (Å²) in [7, 11) is 1.93. The fourth-order valence-electron chi connectivity index (χ4n) is 2.17. The summed E-state index contributed by atoms with van der Waals surface area (Å²) in [6.07, 6.45) is 2.43. The molecule has 0 radical (unpaired) electrons. The van der Waals surface area contributed by atoms with Gasteiger partial charge in [0.05, 0.1) is 0 Å². The SMILES string of the molecule is CCNC(Cc1ncnn1C)c1cccc(C)c1Br. The highest BCUT2D eigenvalue weighted by Gasteiger charge is 2.17. The largest absolute Gasteiger partial charge is 0.310 e. The predicted molar refractivity (Wildman–Crippen MR) is 80.0 cm³/mol. The Hall–Kier alpha value is -1.20. The zero-order chi connectivity index (χ0) is 13.8. The lowest BCUT2D eigenvalue weighted by Crippen LogP contribution is -2.24. The molecule has 1 N–H and O–H groups in total. The smallest absolute Gasteiger partial charge is 0.138 e. The first-order chi connectivity index (χ1) is 9.13. The molecule has 0 fully saturated rings. The standard InChI is InChI=1S/C14H19BrN4/c1-4-16-12(8-13-17-9-18-19(13)3)11-7-5-6-10(2)14(11)15/h5-7,9,12,16H,4,8H2,1-3H3. The van der Waals surface area contributed by atoms with Crippen molar-refractivity contribution < 1.29 is 0 Å². The summed E-state index contributed by atoms with van der Waals surface area (Å²) in [5.41, 5.74) is 2.52. The number of aryl methyl sites for hydroxylation is 2. The minimum atomic E-state index is 0.238. The molecule has 1 atom stereocenters. The summed E-state index contributed by atoms with van der Waals surface area (Å²) < 4.78 is 3.00. The van der Waals surface area contributed by atoms with Gasteiger partial charge in [0.25, 0.3) is 0 Å². The lowest BCUT2D eigenvalue weighted by Gasteiger charge is -2.20. The molecule has 1 aromatic carbocycles. The van der Waals surface area contributed by atoms with Crippen LogP contribution in [0.15, 0.2) is 29.0 Å². The van der Waals surface area contributed by atoms with Crippen LogP contribution in [0.1, 0.15) is 29.9 Å². The van der Waals surface area contributed by atoms with E-state index in [1.54, 1.807) is 6.33 Å². The summed E-state index contributed by atoms with van der Waals surface area (Å²) >= 11 is 3.69. The molecule has 0 aliphatic rings. The van der Waals surface area contributed by atoms with Gasteiger partial charge in [-0.3, -0.25) is 4.68 Å². The Bertz CT molecular complexity index is 550. The molecule has 19 heavy (non-hydrogen) atoms. The molecule has 0 saturated heterocycles. The van der Waals surface area contributed by atoms with Crippen molar-refractivity contribution in [3.05, 3.63) is 46.0 Å². The molecule has 1 heterocycles. The van der Waals surface area contributed by atoms with E-state index in [0.29, 0.717) is 0 Å². The molecule has 0 saturated carbocycles. The third-order valence-corrected chi connectivity index (χ3v) is 4.32. The molecule has 0 aliphatic heterocycles. The number of benzene rings is 1. The molecule has 2 rings (SSSR count). The van der Waals surface area contributed by atoms with Gasteiger partial charge in [0.2, 0.25) is 0 Å². The van der Waals surface area contributed by atoms with E-state index < -0.39 is 0 Å². The topological polar surface area (TPSA) is 42.7 Å². The monoisotopic (exact) mass is 322 g/mol. The fraction of sp³-hybridized carbons (Fsp3) is 0.429. The van der Waals surface area contributed by atoms with Crippen LogP contribution >= 0.6 is 15.9 Å². The molecule has 0 amide bonds. The second-order valence-electron chi connectivity index (χ2n) is 4.59. The lowest BCUT2D eigenvalue weighted by atomic mass is 10.0. The summed E-state index contributed by atoms with van der Waals surface area (Å²) in [4.78, 5) is 4.31. The van der Waals surface area contributed by atoms with Gasteiger partial charge in [0.1, 0.15) is 12.2 Å². The van der Waals surface area contributed by atoms with Gasteiger partial charge in [-0.1, -0.05) is 41.1 Å². The van der Waals surface area contributed by atoms with Crippen LogP contribution in [-0.4, -0.2) is 21.3 Å². The van der Waals surface area contributed by atoms with Crippen molar-refractivity contribution >= 4 is 15.9 Å². The van der Waals surface area contributed by atoms with Crippen LogP contribution in [0.2, 0.25) is 0 Å². The molecule has 0 spiro atoms. The molecular weight excluding hydrogens is 304 g/mol. The number of nitrogens with one attached hydrogen (secondary N) is 1. The second-order valence-corrected chi connectivity index (χ2v) is 5.39. The van der Waals surface area contributed by atoms with E-state index in [4.69, 9.17) is 0 Å². The second kappa shape index (κ2) is 6.30. The Kier molecular flexibility index (Phi) is 4.71. The number of nitrogens with zero attached hydrogens (tertiary/aromatic N) is 3. The number of hydrogen-bond acceptors (Lipinski definition) is 3. The van der Waals surface area contributed by atoms with Gasteiger partial charge >= 0.3 is 0 Å². The van der Waals surface area contributed by atoms with Crippen LogP contribution < -0.4 is 5.32 Å². The van der Waals surface area contributed by atoms with E-state index in [1.807, 2.05) is 11.7 Å². The van der Waals surface area contributed by atoms with Crippen molar-refractivity contribution in [1.29, 1.82) is 0 Å². The third kappa shape index (κ3) is 3.22. The van der Waals surface area contributed by atoms with Crippen molar-refractivity contribution in [2.75, 3.05) is 6.54 Å². The van der Waals surface area contributed by atoms with Gasteiger partial charge in [0.15, 0.2) is 0 Å². The van der Waals surface area contributed by atoms with E-state index in [0.717, 1.165) is 18.8 Å². The van der Waals surface area contributed by atoms with Gasteiger partial charge < -0.3 is 5.32 Å². The fourth-order valence-corrected chi connectivity index (χ4v) is 2.71. The normalized spacial score (nSPS) is 12.6. The van der Waals surface area contributed by atoms with E-state index in [9.17, 15) is 0 Å². The molecule has 1 aromatic heterocycles. The molecule has 1 unspecified atom stereocenters. The van der Waals surface area contributed by atoms with E-state index >= 15 is 0 Å². The van der Waals surface area contributed by atoms with Crippen LogP contribution in [0.4, 0.5) is 0 Å². The van der Waals surface area contributed by atoms with E-state index in [2.05, 4.69) is 63.4 Å². The maximum absolute atomic E-state index is 4.31. The minimum Gasteiger partial charge on any atom is -0.310 e. The minimum absolute atomic E-state index is 0.238. The predicted octanol–water partition coefficient (Wildman–Crippen LogP) is 2.78. The van der Waals surface area contributed by atoms with Gasteiger partial charge in [0, 0.05) is 24.0 Å². The first kappa shape index (κ1) is 14.2. The van der Waals surface area contributed by atoms with Crippen molar-refractivity contribution in [2.24, 2.45) is 7.05 Å². The average molecular weight is 323 g/mol. The highest BCUT2D eigenvalue weighted by atomic mass is 79.9. The van der Waals surface area contributed by atoms with Crippen LogP contribution in [-0.2, 0) is 13.5 Å². The summed E-state index contributed by atoms with van der Waals surface area (Å²) in [5.74, 6) is 0.986. The van der Waals surface area contributed by atoms with Gasteiger partial charge in [-0.25, -0.2) is 4.98 Å². The van der Waals surface area contributed by atoms with E-state index in [-0.39, 0.29) is 6.04 Å². The molecular formula is C14H19BrN4. The van der Waals surface area contributed by atoms with Gasteiger partial charge in [-0.15, -0.1) is 0 Å². The summed E-state index contributed by atoms with van der Waals surface area (Å²) in [5, 5.41) is 7.65. The van der Waals surface area contributed by atoms with Crippen molar-refractivity contribution in [1.82, 2.24) is 20.1 Å². The maximum Gasteiger partial charge on any atom is 0.138 e. The highest BCUT2D eigenvalue weighted by Crippen LogP contribution is 2.28. The highest BCUT2D eigenvalue weighted by molar-refractivity contribution is 9.10. The van der Waals surface area contributed by atoms with Crippen molar-refractivity contribution in [3.63, 3.8) is 0 Å². The summed E-state index contributed by atoms with van der Waals surface area (Å²) in [6.45, 7) is 5.15. The van der Waals surface area contributed by atoms with Crippen molar-refractivity contribution in [3.8, 4) is 0 Å². The zero-order valence-corrected chi connectivity index (χ0v) is 13.1. The molecule has 2 aromatic rings. The number of halogens is 1. The number of likely N-dealkylation sites (N-methyl/N-ethyl adjacent to an activating group) is 1. The average Bonchev–Trinajstić information content (AvgIpc) is 2.78. The quantitative estimate of drug-likeness (QED) is 0.920. The molecule has 5 heteroatoms. The van der Waals surface area contributed by atoms with E-state index in [1.165, 1.54) is 15.6 Å². The molecule has 4 nitrogen and oxygen atoms in total. The lowest BCUT2D eigenvalue weighted by molar-refractivity contribution is 0.520. The van der Waals surface area contributed by atoms with Crippen LogP contribution in [0.25, 0.3) is 0 Å². The zero-order valence-electron chi connectivity index (χ0n) is 11.5. The van der Waals surface area contributed by atoms with Crippen molar-refractivity contribution in [2.45, 2.75) is 26.3 Å². The first-order valence-electron chi connectivity index (χ1n) is 6.44. The Balaban J connectivity index is 2.29. The Morgan fingerprint density at radius 3 is 2.84 bits per heavy atom. The first-order valence-corrected chi connectivity index (χ1v) is 7.24. The number of hydrogen-bond donors (Lipinski definition) is 1. The number of rotatable bonds is 5. The van der Waals surface area contributed by atoms with Crippen LogP contribution in [0, 0.1) is 6.92 Å². The Morgan fingerprint density at radius 1 is 1.42 bits per heavy atom. The Labute approximate surface area is 122 Å².